The highest BCUT2D eigenvalue weighted by Gasteiger charge is 2.34. The van der Waals surface area contributed by atoms with E-state index in [0.717, 1.165) is 31.5 Å². The smallest absolute Gasteiger partial charge is 0.179 e. The van der Waals surface area contributed by atoms with E-state index < -0.39 is 11.6 Å². The quantitative estimate of drug-likeness (QED) is 0.790. The molecule has 0 bridgehead atoms. The van der Waals surface area contributed by atoms with E-state index in [0.29, 0.717) is 12.0 Å². The number of benzene rings is 1. The molecule has 2 atom stereocenters. The maximum atomic E-state index is 13.7. The molecule has 1 aromatic carbocycles. The molecule has 4 heteroatoms. The minimum Gasteiger partial charge on any atom is -0.293 e. The van der Waals surface area contributed by atoms with Gasteiger partial charge in [-0.05, 0) is 50.3 Å². The molecule has 1 aliphatic heterocycles. The van der Waals surface area contributed by atoms with Crippen molar-refractivity contribution >= 4 is 5.78 Å². The number of piperidine rings is 1. The highest BCUT2D eigenvalue weighted by atomic mass is 19.1. The van der Waals surface area contributed by atoms with Crippen LogP contribution in [0.1, 0.15) is 48.9 Å². The molecule has 0 radical (unpaired) electrons. The fraction of sp³-hybridized carbons (Fsp3) is 0.588. The van der Waals surface area contributed by atoms with Crippen LogP contribution < -0.4 is 0 Å². The van der Waals surface area contributed by atoms with Gasteiger partial charge in [0, 0.05) is 12.1 Å². The number of likely N-dealkylation sites (tertiary alicyclic amines) is 1. The van der Waals surface area contributed by atoms with Crippen molar-refractivity contribution in [1.82, 2.24) is 4.90 Å². The fourth-order valence-corrected chi connectivity index (χ4v) is 3.91. The van der Waals surface area contributed by atoms with Gasteiger partial charge in [0.2, 0.25) is 0 Å². The van der Waals surface area contributed by atoms with E-state index in [1.54, 1.807) is 0 Å². The number of hydrogen-bond acceptors (Lipinski definition) is 2. The molecule has 2 nitrogen and oxygen atoms in total. The summed E-state index contributed by atoms with van der Waals surface area (Å²) >= 11 is 0. The Kier molecular flexibility index (Phi) is 4.34. The summed E-state index contributed by atoms with van der Waals surface area (Å²) < 4.78 is 26.6. The highest BCUT2D eigenvalue weighted by Crippen LogP contribution is 2.35. The summed E-state index contributed by atoms with van der Waals surface area (Å²) in [7, 11) is 0. The predicted octanol–water partition coefficient (Wildman–Crippen LogP) is 3.80. The predicted molar refractivity (Wildman–Crippen MR) is 77.2 cm³/mol. The standard InChI is InChI=1S/C17H21F2NO/c18-13-7-8-14(15(19)10-13)17(21)11-20-9-3-5-12-4-1-2-6-16(12)20/h7-8,10,12,16H,1-6,9,11H2/t12-,16-/m1/s1. The van der Waals surface area contributed by atoms with Crippen molar-refractivity contribution in [3.8, 4) is 0 Å². The minimum absolute atomic E-state index is 0.00864. The lowest BCUT2D eigenvalue weighted by Crippen LogP contribution is -2.48. The summed E-state index contributed by atoms with van der Waals surface area (Å²) in [6, 6.07) is 3.66. The van der Waals surface area contributed by atoms with E-state index in [9.17, 15) is 13.6 Å². The average molecular weight is 293 g/mol. The molecule has 114 valence electrons. The second-order valence-corrected chi connectivity index (χ2v) is 6.27. The molecule has 0 spiro atoms. The minimum atomic E-state index is -0.753. The number of carbonyl (C=O) groups excluding carboxylic acids is 1. The molecule has 0 aromatic heterocycles. The van der Waals surface area contributed by atoms with E-state index >= 15 is 0 Å². The molecule has 0 amide bonds. The molecule has 1 aromatic rings. The van der Waals surface area contributed by atoms with E-state index in [1.165, 1.54) is 31.7 Å². The first-order valence-corrected chi connectivity index (χ1v) is 7.87. The van der Waals surface area contributed by atoms with Crippen molar-refractivity contribution in [2.45, 2.75) is 44.6 Å². The van der Waals surface area contributed by atoms with Gasteiger partial charge in [-0.2, -0.15) is 0 Å². The van der Waals surface area contributed by atoms with Crippen LogP contribution in [0.5, 0.6) is 0 Å². The van der Waals surface area contributed by atoms with Crippen LogP contribution in [0.25, 0.3) is 0 Å². The first-order valence-electron chi connectivity index (χ1n) is 7.87. The normalized spacial score (nSPS) is 26.4. The lowest BCUT2D eigenvalue weighted by atomic mass is 9.78. The Labute approximate surface area is 124 Å². The maximum absolute atomic E-state index is 13.7. The third-order valence-corrected chi connectivity index (χ3v) is 4.94. The van der Waals surface area contributed by atoms with Crippen LogP contribution in [0.3, 0.4) is 0 Å². The zero-order valence-electron chi connectivity index (χ0n) is 12.2. The summed E-state index contributed by atoms with van der Waals surface area (Å²) in [6.45, 7) is 1.17. The van der Waals surface area contributed by atoms with Gasteiger partial charge in [0.15, 0.2) is 5.78 Å². The van der Waals surface area contributed by atoms with Gasteiger partial charge >= 0.3 is 0 Å². The van der Waals surface area contributed by atoms with Crippen LogP contribution in [0.2, 0.25) is 0 Å². The van der Waals surface area contributed by atoms with Crippen LogP contribution in [-0.2, 0) is 0 Å². The molecule has 3 rings (SSSR count). The Balaban J connectivity index is 1.71. The zero-order chi connectivity index (χ0) is 14.8. The van der Waals surface area contributed by atoms with Crippen molar-refractivity contribution in [2.24, 2.45) is 5.92 Å². The monoisotopic (exact) mass is 293 g/mol. The molecule has 1 saturated heterocycles. The summed E-state index contributed by atoms with van der Waals surface area (Å²) in [5, 5.41) is 0. The molecule has 2 fully saturated rings. The third kappa shape index (κ3) is 3.15. The number of ketones is 1. The number of carbonyl (C=O) groups is 1. The van der Waals surface area contributed by atoms with Crippen molar-refractivity contribution in [3.05, 3.63) is 35.4 Å². The van der Waals surface area contributed by atoms with Gasteiger partial charge in [-0.15, -0.1) is 0 Å². The van der Waals surface area contributed by atoms with Gasteiger partial charge in [-0.25, -0.2) is 8.78 Å². The van der Waals surface area contributed by atoms with Crippen LogP contribution in [0.4, 0.5) is 8.78 Å². The van der Waals surface area contributed by atoms with Gasteiger partial charge in [-0.1, -0.05) is 12.8 Å². The number of Topliss-reactive ketones (excluding diaryl/α,β-unsaturated/α-hetero) is 1. The summed E-state index contributed by atoms with van der Waals surface area (Å²) in [5.41, 5.74) is 0.00864. The largest absolute Gasteiger partial charge is 0.293 e. The van der Waals surface area contributed by atoms with Crippen molar-refractivity contribution in [3.63, 3.8) is 0 Å². The lowest BCUT2D eigenvalue weighted by molar-refractivity contribution is 0.0537. The van der Waals surface area contributed by atoms with Gasteiger partial charge in [0.1, 0.15) is 11.6 Å². The first kappa shape index (κ1) is 14.6. The number of halogens is 2. The molecule has 0 unspecified atom stereocenters. The summed E-state index contributed by atoms with van der Waals surface area (Å²) in [6.07, 6.45) is 7.26. The van der Waals surface area contributed by atoms with E-state index in [-0.39, 0.29) is 17.9 Å². The molecule has 21 heavy (non-hydrogen) atoms. The topological polar surface area (TPSA) is 20.3 Å². The third-order valence-electron chi connectivity index (χ3n) is 4.94. The molecule has 1 aliphatic carbocycles. The van der Waals surface area contributed by atoms with E-state index in [1.807, 2.05) is 0 Å². The fourth-order valence-electron chi connectivity index (χ4n) is 3.91. The van der Waals surface area contributed by atoms with Crippen LogP contribution >= 0.6 is 0 Å². The Morgan fingerprint density at radius 1 is 1.14 bits per heavy atom. The second-order valence-electron chi connectivity index (χ2n) is 6.27. The van der Waals surface area contributed by atoms with Crippen molar-refractivity contribution in [1.29, 1.82) is 0 Å². The summed E-state index contributed by atoms with van der Waals surface area (Å²) in [4.78, 5) is 14.5. The lowest BCUT2D eigenvalue weighted by Gasteiger charge is -2.43. The van der Waals surface area contributed by atoms with Crippen molar-refractivity contribution < 1.29 is 13.6 Å². The Morgan fingerprint density at radius 3 is 2.71 bits per heavy atom. The summed E-state index contributed by atoms with van der Waals surface area (Å²) in [5.74, 6) is -0.941. The van der Waals surface area contributed by atoms with Gasteiger partial charge < -0.3 is 0 Å². The molecular formula is C17H21F2NO. The zero-order valence-corrected chi connectivity index (χ0v) is 12.2. The average Bonchev–Trinajstić information content (AvgIpc) is 2.47. The van der Waals surface area contributed by atoms with E-state index in [2.05, 4.69) is 4.90 Å². The number of rotatable bonds is 3. The van der Waals surface area contributed by atoms with Gasteiger partial charge in [0.05, 0.1) is 12.1 Å². The Morgan fingerprint density at radius 2 is 1.90 bits per heavy atom. The highest BCUT2D eigenvalue weighted by molar-refractivity contribution is 5.97. The Hall–Kier alpha value is -1.29. The van der Waals surface area contributed by atoms with Crippen LogP contribution in [-0.4, -0.2) is 29.8 Å². The van der Waals surface area contributed by atoms with Crippen LogP contribution in [0.15, 0.2) is 18.2 Å². The molecule has 2 aliphatic rings. The maximum Gasteiger partial charge on any atom is 0.179 e. The molecular weight excluding hydrogens is 272 g/mol. The van der Waals surface area contributed by atoms with Crippen LogP contribution in [0, 0.1) is 17.6 Å². The van der Waals surface area contributed by atoms with Crippen molar-refractivity contribution in [2.75, 3.05) is 13.1 Å². The molecule has 1 heterocycles. The molecule has 1 saturated carbocycles. The van der Waals surface area contributed by atoms with Gasteiger partial charge in [0.25, 0.3) is 0 Å². The second kappa shape index (κ2) is 6.22. The van der Waals surface area contributed by atoms with E-state index in [4.69, 9.17) is 0 Å². The molecule has 0 N–H and O–H groups in total. The SMILES string of the molecule is O=C(CN1CCC[C@H]2CCCC[C@H]21)c1ccc(F)cc1F. The number of hydrogen-bond donors (Lipinski definition) is 0. The number of fused-ring (bicyclic) bond motifs is 1. The first-order chi connectivity index (χ1) is 10.1. The Bertz CT molecular complexity index is 530. The van der Waals surface area contributed by atoms with Gasteiger partial charge in [-0.3, -0.25) is 9.69 Å². The number of nitrogens with zero attached hydrogens (tertiary/aromatic N) is 1.